The van der Waals surface area contributed by atoms with Crippen molar-refractivity contribution in [3.05, 3.63) is 28.7 Å². The van der Waals surface area contributed by atoms with Crippen LogP contribution in [0.4, 0.5) is 5.69 Å². The summed E-state index contributed by atoms with van der Waals surface area (Å²) in [6.07, 6.45) is 4.30. The van der Waals surface area contributed by atoms with Crippen LogP contribution in [0.25, 0.3) is 0 Å². The minimum absolute atomic E-state index is 0.119. The standard InChI is InChI=1S/C12H14BrNO/c13-10-3-1-2-4-11(10)14-12(15)8-7-9-5-6-9/h1-4,9H,5-8H2,(H,14,15). The van der Waals surface area contributed by atoms with E-state index < -0.39 is 0 Å². The van der Waals surface area contributed by atoms with Crippen molar-refractivity contribution in [3.63, 3.8) is 0 Å². The third kappa shape index (κ3) is 3.34. The summed E-state index contributed by atoms with van der Waals surface area (Å²) in [5, 5.41) is 2.91. The van der Waals surface area contributed by atoms with Gasteiger partial charge >= 0.3 is 0 Å². The molecule has 3 heteroatoms. The fraction of sp³-hybridized carbons (Fsp3) is 0.417. The molecule has 2 nitrogen and oxygen atoms in total. The van der Waals surface area contributed by atoms with Crippen LogP contribution in [0.15, 0.2) is 28.7 Å². The first-order valence-electron chi connectivity index (χ1n) is 5.30. The second-order valence-corrected chi connectivity index (χ2v) is 4.86. The summed E-state index contributed by atoms with van der Waals surface area (Å²) >= 11 is 3.40. The summed E-state index contributed by atoms with van der Waals surface area (Å²) in [6, 6.07) is 7.68. The second kappa shape index (κ2) is 4.79. The molecule has 1 aliphatic rings. The van der Waals surface area contributed by atoms with E-state index in [9.17, 15) is 4.79 Å². The highest BCUT2D eigenvalue weighted by atomic mass is 79.9. The number of carbonyl (C=O) groups excluding carboxylic acids is 1. The van der Waals surface area contributed by atoms with Gasteiger partial charge in [-0.15, -0.1) is 0 Å². The van der Waals surface area contributed by atoms with Crippen LogP contribution in [0.1, 0.15) is 25.7 Å². The molecule has 1 aliphatic carbocycles. The van der Waals surface area contributed by atoms with Gasteiger partial charge in [0.2, 0.25) is 5.91 Å². The van der Waals surface area contributed by atoms with Gasteiger partial charge in [-0.2, -0.15) is 0 Å². The Bertz CT molecular complexity index is 360. The molecule has 1 aromatic carbocycles. The van der Waals surface area contributed by atoms with Gasteiger partial charge in [-0.1, -0.05) is 25.0 Å². The van der Waals surface area contributed by atoms with E-state index in [1.807, 2.05) is 24.3 Å². The Morgan fingerprint density at radius 1 is 1.40 bits per heavy atom. The highest BCUT2D eigenvalue weighted by Gasteiger charge is 2.21. The van der Waals surface area contributed by atoms with E-state index in [4.69, 9.17) is 0 Å². The lowest BCUT2D eigenvalue weighted by molar-refractivity contribution is -0.116. The predicted molar refractivity (Wildman–Crippen MR) is 64.7 cm³/mol. The van der Waals surface area contributed by atoms with Crippen molar-refractivity contribution < 1.29 is 4.79 Å². The molecule has 2 rings (SSSR count). The zero-order valence-electron chi connectivity index (χ0n) is 8.50. The van der Waals surface area contributed by atoms with Gasteiger partial charge in [-0.25, -0.2) is 0 Å². The summed E-state index contributed by atoms with van der Waals surface area (Å²) in [5.74, 6) is 0.934. The maximum Gasteiger partial charge on any atom is 0.224 e. The number of benzene rings is 1. The molecule has 1 amide bonds. The second-order valence-electron chi connectivity index (χ2n) is 4.01. The molecule has 1 N–H and O–H groups in total. The molecule has 0 unspecified atom stereocenters. The molecule has 0 bridgehead atoms. The van der Waals surface area contributed by atoms with Crippen molar-refractivity contribution in [1.82, 2.24) is 0 Å². The van der Waals surface area contributed by atoms with Gasteiger partial charge in [-0.05, 0) is 40.4 Å². The molecule has 0 spiro atoms. The van der Waals surface area contributed by atoms with E-state index in [0.717, 1.165) is 22.5 Å². The fourth-order valence-electron chi connectivity index (χ4n) is 1.52. The van der Waals surface area contributed by atoms with Crippen LogP contribution in [-0.2, 0) is 4.79 Å². The van der Waals surface area contributed by atoms with Crippen LogP contribution < -0.4 is 5.32 Å². The zero-order chi connectivity index (χ0) is 10.7. The lowest BCUT2D eigenvalue weighted by atomic mass is 10.2. The van der Waals surface area contributed by atoms with Crippen LogP contribution in [-0.4, -0.2) is 5.91 Å². The number of hydrogen-bond donors (Lipinski definition) is 1. The van der Waals surface area contributed by atoms with Crippen molar-refractivity contribution in [3.8, 4) is 0 Å². The first-order chi connectivity index (χ1) is 7.25. The summed E-state index contributed by atoms with van der Waals surface area (Å²) in [5.41, 5.74) is 0.860. The number of nitrogens with one attached hydrogen (secondary N) is 1. The van der Waals surface area contributed by atoms with E-state index in [0.29, 0.717) is 6.42 Å². The number of anilines is 1. The van der Waals surface area contributed by atoms with Crippen LogP contribution in [0.2, 0.25) is 0 Å². The van der Waals surface area contributed by atoms with Gasteiger partial charge in [0.1, 0.15) is 0 Å². The highest BCUT2D eigenvalue weighted by Crippen LogP contribution is 2.33. The van der Waals surface area contributed by atoms with E-state index in [1.165, 1.54) is 12.8 Å². The summed E-state index contributed by atoms with van der Waals surface area (Å²) < 4.78 is 0.935. The Morgan fingerprint density at radius 3 is 2.80 bits per heavy atom. The van der Waals surface area contributed by atoms with Gasteiger partial charge in [0.15, 0.2) is 0 Å². The molecule has 1 aromatic rings. The van der Waals surface area contributed by atoms with Gasteiger partial charge in [-0.3, -0.25) is 4.79 Å². The number of carbonyl (C=O) groups is 1. The molecule has 0 saturated heterocycles. The van der Waals surface area contributed by atoms with Crippen molar-refractivity contribution in [2.45, 2.75) is 25.7 Å². The van der Waals surface area contributed by atoms with Gasteiger partial charge in [0.25, 0.3) is 0 Å². The Labute approximate surface area is 98.2 Å². The van der Waals surface area contributed by atoms with Crippen molar-refractivity contribution in [2.75, 3.05) is 5.32 Å². The number of hydrogen-bond acceptors (Lipinski definition) is 1. The normalized spacial score (nSPS) is 15.0. The van der Waals surface area contributed by atoms with Crippen LogP contribution in [0, 0.1) is 5.92 Å². The molecule has 80 valence electrons. The molecular weight excluding hydrogens is 254 g/mol. The highest BCUT2D eigenvalue weighted by molar-refractivity contribution is 9.10. The molecule has 0 radical (unpaired) electrons. The third-order valence-corrected chi connectivity index (χ3v) is 3.32. The summed E-state index contributed by atoms with van der Waals surface area (Å²) in [4.78, 5) is 11.6. The molecule has 15 heavy (non-hydrogen) atoms. The van der Waals surface area contributed by atoms with E-state index in [2.05, 4.69) is 21.2 Å². The minimum Gasteiger partial charge on any atom is -0.325 e. The average molecular weight is 268 g/mol. The molecule has 0 aromatic heterocycles. The maximum absolute atomic E-state index is 11.6. The lowest BCUT2D eigenvalue weighted by Gasteiger charge is -2.06. The predicted octanol–water partition coefficient (Wildman–Crippen LogP) is 3.58. The Balaban J connectivity index is 1.84. The first-order valence-corrected chi connectivity index (χ1v) is 6.09. The van der Waals surface area contributed by atoms with Gasteiger partial charge in [0, 0.05) is 10.9 Å². The van der Waals surface area contributed by atoms with Crippen molar-refractivity contribution >= 4 is 27.5 Å². The summed E-state index contributed by atoms with van der Waals surface area (Å²) in [6.45, 7) is 0. The van der Waals surface area contributed by atoms with E-state index in [-0.39, 0.29) is 5.91 Å². The Kier molecular flexibility index (Phi) is 3.41. The Hall–Kier alpha value is -0.830. The number of halogens is 1. The monoisotopic (exact) mass is 267 g/mol. The average Bonchev–Trinajstić information content (AvgIpc) is 3.02. The third-order valence-electron chi connectivity index (χ3n) is 2.62. The SMILES string of the molecule is O=C(CCC1CC1)Nc1ccccc1Br. The van der Waals surface area contributed by atoms with Crippen LogP contribution >= 0.6 is 15.9 Å². The topological polar surface area (TPSA) is 29.1 Å². The van der Waals surface area contributed by atoms with Crippen molar-refractivity contribution in [2.24, 2.45) is 5.92 Å². The van der Waals surface area contributed by atoms with Crippen molar-refractivity contribution in [1.29, 1.82) is 0 Å². The number of amides is 1. The van der Waals surface area contributed by atoms with E-state index >= 15 is 0 Å². The lowest BCUT2D eigenvalue weighted by Crippen LogP contribution is -2.11. The molecule has 0 aliphatic heterocycles. The number of rotatable bonds is 4. The van der Waals surface area contributed by atoms with Crippen LogP contribution in [0.5, 0.6) is 0 Å². The molecular formula is C12H14BrNO. The molecule has 1 saturated carbocycles. The zero-order valence-corrected chi connectivity index (χ0v) is 10.1. The largest absolute Gasteiger partial charge is 0.325 e. The molecule has 1 fully saturated rings. The van der Waals surface area contributed by atoms with Gasteiger partial charge < -0.3 is 5.32 Å². The quantitative estimate of drug-likeness (QED) is 0.888. The molecule has 0 atom stereocenters. The van der Waals surface area contributed by atoms with E-state index in [1.54, 1.807) is 0 Å². The maximum atomic E-state index is 11.6. The summed E-state index contributed by atoms with van der Waals surface area (Å²) in [7, 11) is 0. The van der Waals surface area contributed by atoms with Crippen LogP contribution in [0.3, 0.4) is 0 Å². The minimum atomic E-state index is 0.119. The number of para-hydroxylation sites is 1. The smallest absolute Gasteiger partial charge is 0.224 e. The van der Waals surface area contributed by atoms with Gasteiger partial charge in [0.05, 0.1) is 5.69 Å². The molecule has 0 heterocycles. The Morgan fingerprint density at radius 2 is 2.13 bits per heavy atom. The fourth-order valence-corrected chi connectivity index (χ4v) is 1.90. The first kappa shape index (κ1) is 10.7.